The minimum atomic E-state index is -0.855. The van der Waals surface area contributed by atoms with Crippen LogP contribution >= 0.6 is 0 Å². The van der Waals surface area contributed by atoms with Crippen LogP contribution in [-0.4, -0.2) is 27.4 Å². The number of benzene rings is 2. The Labute approximate surface area is 155 Å². The van der Waals surface area contributed by atoms with E-state index in [1.807, 2.05) is 50.2 Å². The second kappa shape index (κ2) is 6.89. The van der Waals surface area contributed by atoms with Crippen molar-refractivity contribution in [3.8, 4) is 5.75 Å². The first-order chi connectivity index (χ1) is 13.0. The number of fused-ring (bicyclic) bond motifs is 3. The van der Waals surface area contributed by atoms with Crippen molar-refractivity contribution in [2.45, 2.75) is 26.5 Å². The highest BCUT2D eigenvalue weighted by atomic mass is 16.5. The molecule has 2 aromatic heterocycles. The Morgan fingerprint density at radius 3 is 2.89 bits per heavy atom. The van der Waals surface area contributed by atoms with Crippen molar-refractivity contribution in [1.29, 1.82) is 0 Å². The Morgan fingerprint density at radius 1 is 1.22 bits per heavy atom. The fourth-order valence-corrected chi connectivity index (χ4v) is 3.07. The van der Waals surface area contributed by atoms with E-state index in [0.29, 0.717) is 11.1 Å². The number of nitrogens with zero attached hydrogens (tertiary/aromatic N) is 2. The lowest BCUT2D eigenvalue weighted by molar-refractivity contribution is 0.0910. The van der Waals surface area contributed by atoms with E-state index >= 15 is 0 Å². The van der Waals surface area contributed by atoms with E-state index in [9.17, 15) is 9.90 Å². The molecule has 0 bridgehead atoms. The van der Waals surface area contributed by atoms with Crippen LogP contribution in [0.25, 0.3) is 22.1 Å². The normalized spacial score (nSPS) is 12.6. The smallest absolute Gasteiger partial charge is 0.297 e. The standard InChI is InChI=1S/C21H20N2O4/c1-13-7-8-14(2)18(9-13)26-11-15(24)10-23-12-22-19-16-5-3-4-6-17(16)27-20(19)21(23)25/h3-9,12,15,24H,10-11H2,1-2H3. The number of para-hydroxylation sites is 1. The van der Waals surface area contributed by atoms with Gasteiger partial charge in [-0.05, 0) is 43.2 Å². The molecule has 1 N–H and O–H groups in total. The highest BCUT2D eigenvalue weighted by Crippen LogP contribution is 2.24. The summed E-state index contributed by atoms with van der Waals surface area (Å²) in [6.45, 7) is 4.08. The lowest BCUT2D eigenvalue weighted by Gasteiger charge is -2.15. The predicted molar refractivity (Wildman–Crippen MR) is 103 cm³/mol. The van der Waals surface area contributed by atoms with Gasteiger partial charge >= 0.3 is 0 Å². The lowest BCUT2D eigenvalue weighted by atomic mass is 10.1. The van der Waals surface area contributed by atoms with Crippen molar-refractivity contribution in [1.82, 2.24) is 9.55 Å². The maximum Gasteiger partial charge on any atom is 0.297 e. The van der Waals surface area contributed by atoms with E-state index < -0.39 is 6.10 Å². The first-order valence-electron chi connectivity index (χ1n) is 8.78. The van der Waals surface area contributed by atoms with Crippen LogP contribution in [0.4, 0.5) is 0 Å². The van der Waals surface area contributed by atoms with Gasteiger partial charge in [-0.2, -0.15) is 0 Å². The summed E-state index contributed by atoms with van der Waals surface area (Å²) in [7, 11) is 0. The summed E-state index contributed by atoms with van der Waals surface area (Å²) >= 11 is 0. The number of aryl methyl sites for hydroxylation is 2. The summed E-state index contributed by atoms with van der Waals surface area (Å²) < 4.78 is 12.7. The maximum atomic E-state index is 12.7. The molecule has 0 aliphatic heterocycles. The molecular weight excluding hydrogens is 344 g/mol. The van der Waals surface area contributed by atoms with E-state index in [-0.39, 0.29) is 24.3 Å². The number of hydrogen-bond donors (Lipinski definition) is 1. The highest BCUT2D eigenvalue weighted by molar-refractivity contribution is 6.01. The van der Waals surface area contributed by atoms with Gasteiger partial charge in [-0.25, -0.2) is 4.98 Å². The molecule has 138 valence electrons. The molecule has 4 rings (SSSR count). The van der Waals surface area contributed by atoms with Crippen LogP contribution in [0.5, 0.6) is 5.75 Å². The Balaban J connectivity index is 1.54. The summed E-state index contributed by atoms with van der Waals surface area (Å²) in [6, 6.07) is 13.3. The summed E-state index contributed by atoms with van der Waals surface area (Å²) in [5, 5.41) is 11.1. The van der Waals surface area contributed by atoms with Gasteiger partial charge in [-0.3, -0.25) is 9.36 Å². The second-order valence-corrected chi connectivity index (χ2v) is 6.71. The maximum absolute atomic E-state index is 12.7. The van der Waals surface area contributed by atoms with E-state index in [1.54, 1.807) is 6.07 Å². The third-order valence-electron chi connectivity index (χ3n) is 4.53. The third kappa shape index (κ3) is 3.31. The number of aliphatic hydroxyl groups is 1. The van der Waals surface area contributed by atoms with Crippen molar-refractivity contribution in [3.63, 3.8) is 0 Å². The number of furan rings is 1. The molecule has 0 aliphatic carbocycles. The van der Waals surface area contributed by atoms with Gasteiger partial charge in [-0.1, -0.05) is 24.3 Å². The zero-order valence-corrected chi connectivity index (χ0v) is 15.2. The fraction of sp³-hybridized carbons (Fsp3) is 0.238. The average molecular weight is 364 g/mol. The van der Waals surface area contributed by atoms with E-state index in [1.165, 1.54) is 10.9 Å². The molecule has 0 saturated heterocycles. The molecule has 0 aliphatic rings. The van der Waals surface area contributed by atoms with E-state index in [0.717, 1.165) is 22.3 Å². The highest BCUT2D eigenvalue weighted by Gasteiger charge is 2.15. The molecule has 0 amide bonds. The van der Waals surface area contributed by atoms with Crippen LogP contribution < -0.4 is 10.3 Å². The fourth-order valence-electron chi connectivity index (χ4n) is 3.07. The Morgan fingerprint density at radius 2 is 2.04 bits per heavy atom. The molecule has 1 atom stereocenters. The molecule has 0 radical (unpaired) electrons. The quantitative estimate of drug-likeness (QED) is 0.588. The van der Waals surface area contributed by atoms with Crippen molar-refractivity contribution >= 4 is 22.1 Å². The van der Waals surface area contributed by atoms with Gasteiger partial charge in [0.05, 0.1) is 12.9 Å². The number of rotatable bonds is 5. The monoisotopic (exact) mass is 364 g/mol. The summed E-state index contributed by atoms with van der Waals surface area (Å²) in [5.41, 5.74) is 3.11. The van der Waals surface area contributed by atoms with Gasteiger partial charge < -0.3 is 14.3 Å². The van der Waals surface area contributed by atoms with Gasteiger partial charge in [0, 0.05) is 5.39 Å². The van der Waals surface area contributed by atoms with Gasteiger partial charge in [0.2, 0.25) is 5.58 Å². The molecule has 0 spiro atoms. The summed E-state index contributed by atoms with van der Waals surface area (Å²) in [6.07, 6.45) is 0.583. The van der Waals surface area contributed by atoms with Crippen molar-refractivity contribution < 1.29 is 14.3 Å². The van der Waals surface area contributed by atoms with Crippen molar-refractivity contribution in [3.05, 3.63) is 70.3 Å². The summed E-state index contributed by atoms with van der Waals surface area (Å²) in [4.78, 5) is 17.0. The van der Waals surface area contributed by atoms with Crippen LogP contribution in [0, 0.1) is 13.8 Å². The third-order valence-corrected chi connectivity index (χ3v) is 4.53. The van der Waals surface area contributed by atoms with Crippen molar-refractivity contribution in [2.75, 3.05) is 6.61 Å². The van der Waals surface area contributed by atoms with Gasteiger partial charge in [0.1, 0.15) is 29.6 Å². The minimum Gasteiger partial charge on any atom is -0.491 e. The van der Waals surface area contributed by atoms with Crippen LogP contribution in [0.2, 0.25) is 0 Å². The molecule has 2 heterocycles. The Hall–Kier alpha value is -3.12. The number of ether oxygens (including phenoxy) is 1. The molecule has 4 aromatic rings. The zero-order valence-electron chi connectivity index (χ0n) is 15.2. The lowest BCUT2D eigenvalue weighted by Crippen LogP contribution is -2.30. The zero-order chi connectivity index (χ0) is 19.0. The van der Waals surface area contributed by atoms with Crippen molar-refractivity contribution in [2.24, 2.45) is 0 Å². The number of aromatic nitrogens is 2. The Kier molecular flexibility index (Phi) is 4.41. The van der Waals surface area contributed by atoms with Crippen LogP contribution in [0.15, 0.2) is 58.0 Å². The van der Waals surface area contributed by atoms with Crippen LogP contribution in [-0.2, 0) is 6.54 Å². The number of aliphatic hydroxyl groups excluding tert-OH is 1. The van der Waals surface area contributed by atoms with E-state index in [2.05, 4.69) is 4.98 Å². The average Bonchev–Trinajstić information content (AvgIpc) is 3.04. The molecule has 2 aromatic carbocycles. The second-order valence-electron chi connectivity index (χ2n) is 6.71. The first-order valence-corrected chi connectivity index (χ1v) is 8.78. The molecule has 1 unspecified atom stereocenters. The number of hydrogen-bond acceptors (Lipinski definition) is 5. The molecule has 27 heavy (non-hydrogen) atoms. The van der Waals surface area contributed by atoms with Gasteiger partial charge in [0.25, 0.3) is 5.56 Å². The SMILES string of the molecule is Cc1ccc(C)c(OCC(O)Cn2cnc3c(oc4ccccc43)c2=O)c1. The molecule has 6 nitrogen and oxygen atoms in total. The topological polar surface area (TPSA) is 77.5 Å². The first kappa shape index (κ1) is 17.3. The van der Waals surface area contributed by atoms with Crippen LogP contribution in [0.3, 0.4) is 0 Å². The Bertz CT molecular complexity index is 1180. The predicted octanol–water partition coefficient (Wildman–Crippen LogP) is 3.20. The molecular formula is C21H20N2O4. The van der Waals surface area contributed by atoms with Gasteiger partial charge in [0.15, 0.2) is 0 Å². The molecule has 0 fully saturated rings. The molecule has 0 saturated carbocycles. The minimum absolute atomic E-state index is 0.0731. The van der Waals surface area contributed by atoms with Gasteiger partial charge in [-0.15, -0.1) is 0 Å². The largest absolute Gasteiger partial charge is 0.491 e. The van der Waals surface area contributed by atoms with Crippen LogP contribution in [0.1, 0.15) is 11.1 Å². The van der Waals surface area contributed by atoms with E-state index in [4.69, 9.17) is 9.15 Å². The summed E-state index contributed by atoms with van der Waals surface area (Å²) in [5.74, 6) is 0.729. The molecule has 6 heteroatoms.